The third kappa shape index (κ3) is 3.73. The van der Waals surface area contributed by atoms with Gasteiger partial charge in [-0.3, -0.25) is 4.68 Å². The topological polar surface area (TPSA) is 39.1 Å². The molecule has 0 aliphatic rings. The predicted molar refractivity (Wildman–Crippen MR) is 75.2 cm³/mol. The molecule has 1 rings (SSSR count). The van der Waals surface area contributed by atoms with E-state index < -0.39 is 0 Å². The minimum Gasteiger partial charge on any atom is -0.493 e. The SMILES string of the molecule is COc1cnn(C)c1C(C)(C)CCNC(C)(C)C. The molecule has 1 aromatic rings. The molecule has 18 heavy (non-hydrogen) atoms. The van der Waals surface area contributed by atoms with E-state index in [4.69, 9.17) is 4.74 Å². The van der Waals surface area contributed by atoms with Crippen LogP contribution < -0.4 is 10.1 Å². The average Bonchev–Trinajstić information content (AvgIpc) is 2.57. The fraction of sp³-hybridized carbons (Fsp3) is 0.786. The van der Waals surface area contributed by atoms with E-state index in [2.05, 4.69) is 45.0 Å². The molecule has 4 heteroatoms. The Labute approximate surface area is 111 Å². The van der Waals surface area contributed by atoms with Crippen LogP contribution in [0.25, 0.3) is 0 Å². The molecule has 1 aromatic heterocycles. The Hall–Kier alpha value is -1.03. The van der Waals surface area contributed by atoms with E-state index in [0.29, 0.717) is 0 Å². The number of hydrogen-bond acceptors (Lipinski definition) is 3. The van der Waals surface area contributed by atoms with E-state index in [1.54, 1.807) is 13.3 Å². The highest BCUT2D eigenvalue weighted by molar-refractivity contribution is 5.31. The third-order valence-corrected chi connectivity index (χ3v) is 3.17. The summed E-state index contributed by atoms with van der Waals surface area (Å²) in [5.74, 6) is 0.873. The van der Waals surface area contributed by atoms with E-state index in [9.17, 15) is 0 Å². The van der Waals surface area contributed by atoms with Crippen LogP contribution in [0.5, 0.6) is 5.75 Å². The number of nitrogens with zero attached hydrogens (tertiary/aromatic N) is 2. The number of ether oxygens (including phenoxy) is 1. The highest BCUT2D eigenvalue weighted by Gasteiger charge is 2.28. The molecule has 0 unspecified atom stereocenters. The molecule has 1 N–H and O–H groups in total. The van der Waals surface area contributed by atoms with E-state index >= 15 is 0 Å². The van der Waals surface area contributed by atoms with E-state index in [0.717, 1.165) is 24.4 Å². The van der Waals surface area contributed by atoms with Crippen molar-refractivity contribution in [2.75, 3.05) is 13.7 Å². The van der Waals surface area contributed by atoms with Crippen LogP contribution in [0.4, 0.5) is 0 Å². The molecule has 0 saturated carbocycles. The van der Waals surface area contributed by atoms with Crippen LogP contribution in [0.2, 0.25) is 0 Å². The Morgan fingerprint density at radius 2 is 1.89 bits per heavy atom. The van der Waals surface area contributed by atoms with Gasteiger partial charge in [0, 0.05) is 18.0 Å². The summed E-state index contributed by atoms with van der Waals surface area (Å²) in [6.45, 7) is 12.0. The second-order valence-corrected chi connectivity index (χ2v) is 6.50. The van der Waals surface area contributed by atoms with E-state index in [1.165, 1.54) is 0 Å². The first-order valence-electron chi connectivity index (χ1n) is 6.49. The molecule has 0 fully saturated rings. The van der Waals surface area contributed by atoms with Gasteiger partial charge in [-0.05, 0) is 33.7 Å². The second kappa shape index (κ2) is 5.31. The molecule has 0 radical (unpaired) electrons. The van der Waals surface area contributed by atoms with Gasteiger partial charge >= 0.3 is 0 Å². The first-order valence-corrected chi connectivity index (χ1v) is 6.49. The van der Waals surface area contributed by atoms with Gasteiger partial charge in [-0.2, -0.15) is 5.10 Å². The largest absolute Gasteiger partial charge is 0.493 e. The molecule has 0 aliphatic heterocycles. The summed E-state index contributed by atoms with van der Waals surface area (Å²) in [5.41, 5.74) is 1.35. The maximum atomic E-state index is 5.40. The van der Waals surface area contributed by atoms with Gasteiger partial charge in [0.05, 0.1) is 19.0 Å². The Morgan fingerprint density at radius 3 is 2.39 bits per heavy atom. The summed E-state index contributed by atoms with van der Waals surface area (Å²) in [4.78, 5) is 0. The minimum atomic E-state index is 0.0366. The van der Waals surface area contributed by atoms with Gasteiger partial charge in [0.1, 0.15) is 0 Å². The number of rotatable bonds is 5. The van der Waals surface area contributed by atoms with E-state index in [1.807, 2.05) is 11.7 Å². The minimum absolute atomic E-state index is 0.0366. The van der Waals surface area contributed by atoms with E-state index in [-0.39, 0.29) is 11.0 Å². The third-order valence-electron chi connectivity index (χ3n) is 3.17. The van der Waals surface area contributed by atoms with Crippen LogP contribution in [0.1, 0.15) is 46.7 Å². The highest BCUT2D eigenvalue weighted by atomic mass is 16.5. The van der Waals surface area contributed by atoms with Crippen molar-refractivity contribution in [2.45, 2.75) is 52.0 Å². The zero-order valence-corrected chi connectivity index (χ0v) is 12.8. The molecule has 0 atom stereocenters. The zero-order chi connectivity index (χ0) is 14.0. The number of nitrogens with one attached hydrogen (secondary N) is 1. The van der Waals surface area contributed by atoms with Gasteiger partial charge in [-0.1, -0.05) is 13.8 Å². The first kappa shape index (κ1) is 15.0. The Balaban J connectivity index is 2.76. The molecule has 1 heterocycles. The van der Waals surface area contributed by atoms with Gasteiger partial charge < -0.3 is 10.1 Å². The van der Waals surface area contributed by atoms with Crippen LogP contribution in [0, 0.1) is 0 Å². The number of methoxy groups -OCH3 is 1. The van der Waals surface area contributed by atoms with Gasteiger partial charge in [0.15, 0.2) is 5.75 Å². The lowest BCUT2D eigenvalue weighted by molar-refractivity contribution is 0.349. The van der Waals surface area contributed by atoms with Crippen molar-refractivity contribution < 1.29 is 4.74 Å². The molecular formula is C14H27N3O. The number of aromatic nitrogens is 2. The summed E-state index contributed by atoms with van der Waals surface area (Å²) < 4.78 is 7.31. The van der Waals surface area contributed by atoms with Crippen LogP contribution >= 0.6 is 0 Å². The van der Waals surface area contributed by atoms with Gasteiger partial charge in [-0.15, -0.1) is 0 Å². The maximum Gasteiger partial charge on any atom is 0.160 e. The number of aryl methyl sites for hydroxylation is 1. The van der Waals surface area contributed by atoms with Crippen molar-refractivity contribution in [1.29, 1.82) is 0 Å². The summed E-state index contributed by atoms with van der Waals surface area (Å²) in [6, 6.07) is 0. The van der Waals surface area contributed by atoms with Crippen LogP contribution in [-0.2, 0) is 12.5 Å². The lowest BCUT2D eigenvalue weighted by atomic mass is 9.84. The van der Waals surface area contributed by atoms with Gasteiger partial charge in [-0.25, -0.2) is 0 Å². The van der Waals surface area contributed by atoms with Crippen molar-refractivity contribution in [3.8, 4) is 5.75 Å². The van der Waals surface area contributed by atoms with Gasteiger partial charge in [0.2, 0.25) is 0 Å². The molecule has 0 bridgehead atoms. The Morgan fingerprint density at radius 1 is 1.28 bits per heavy atom. The Bertz CT molecular complexity index is 388. The van der Waals surface area contributed by atoms with Crippen molar-refractivity contribution in [3.05, 3.63) is 11.9 Å². The highest BCUT2D eigenvalue weighted by Crippen LogP contribution is 2.33. The summed E-state index contributed by atoms with van der Waals surface area (Å²) in [5, 5.41) is 7.81. The molecular weight excluding hydrogens is 226 g/mol. The van der Waals surface area contributed by atoms with Crippen molar-refractivity contribution in [2.24, 2.45) is 7.05 Å². The maximum absolute atomic E-state index is 5.40. The molecule has 4 nitrogen and oxygen atoms in total. The van der Waals surface area contributed by atoms with Crippen LogP contribution in [0.3, 0.4) is 0 Å². The average molecular weight is 253 g/mol. The van der Waals surface area contributed by atoms with Gasteiger partial charge in [0.25, 0.3) is 0 Å². The lowest BCUT2D eigenvalue weighted by Gasteiger charge is -2.28. The summed E-state index contributed by atoms with van der Waals surface area (Å²) >= 11 is 0. The molecule has 0 aromatic carbocycles. The molecule has 0 spiro atoms. The smallest absolute Gasteiger partial charge is 0.160 e. The van der Waals surface area contributed by atoms with Crippen molar-refractivity contribution >= 4 is 0 Å². The summed E-state index contributed by atoms with van der Waals surface area (Å²) in [7, 11) is 3.67. The standard InChI is InChI=1S/C14H27N3O/c1-13(2,3)15-9-8-14(4,5)12-11(18-7)10-16-17(12)6/h10,15H,8-9H2,1-7H3. The fourth-order valence-corrected chi connectivity index (χ4v) is 2.21. The molecule has 104 valence electrons. The molecule has 0 aliphatic carbocycles. The first-order chi connectivity index (χ1) is 8.17. The van der Waals surface area contributed by atoms with Crippen molar-refractivity contribution in [1.82, 2.24) is 15.1 Å². The van der Waals surface area contributed by atoms with Crippen LogP contribution in [-0.4, -0.2) is 29.0 Å². The monoisotopic (exact) mass is 253 g/mol. The second-order valence-electron chi connectivity index (χ2n) is 6.50. The normalized spacial score (nSPS) is 12.8. The molecule has 0 saturated heterocycles. The zero-order valence-electron chi connectivity index (χ0n) is 12.8. The fourth-order valence-electron chi connectivity index (χ4n) is 2.21. The quantitative estimate of drug-likeness (QED) is 0.876. The predicted octanol–water partition coefficient (Wildman–Crippen LogP) is 2.48. The Kier molecular flexibility index (Phi) is 4.43. The summed E-state index contributed by atoms with van der Waals surface area (Å²) in [6.07, 6.45) is 2.83. The van der Waals surface area contributed by atoms with Crippen molar-refractivity contribution in [3.63, 3.8) is 0 Å². The van der Waals surface area contributed by atoms with Crippen LogP contribution in [0.15, 0.2) is 6.20 Å². The lowest BCUT2D eigenvalue weighted by Crippen LogP contribution is -2.38. The molecule has 0 amide bonds. The number of hydrogen-bond donors (Lipinski definition) is 1.